The Kier molecular flexibility index (Phi) is 5.72. The Bertz CT molecular complexity index is 537. The minimum absolute atomic E-state index is 0.107. The molecule has 0 saturated carbocycles. The third-order valence-electron chi connectivity index (χ3n) is 3.94. The van der Waals surface area contributed by atoms with Crippen molar-refractivity contribution < 1.29 is 12.8 Å². The largest absolute Gasteiger partial charge is 0.303 e. The van der Waals surface area contributed by atoms with Crippen molar-refractivity contribution in [2.45, 2.75) is 31.1 Å². The van der Waals surface area contributed by atoms with Crippen LogP contribution in [0.25, 0.3) is 0 Å². The molecular weight excluding hydrogens is 291 g/mol. The predicted octanol–water partition coefficient (Wildman–Crippen LogP) is 2.23. The maximum Gasteiger partial charge on any atom is 0.240 e. The average molecular weight is 314 g/mol. The Morgan fingerprint density at radius 3 is 2.48 bits per heavy atom. The van der Waals surface area contributed by atoms with Gasteiger partial charge in [0.25, 0.3) is 0 Å². The molecule has 6 heteroatoms. The van der Waals surface area contributed by atoms with E-state index in [1.54, 1.807) is 0 Å². The fourth-order valence-electron chi connectivity index (χ4n) is 2.49. The molecule has 0 spiro atoms. The summed E-state index contributed by atoms with van der Waals surface area (Å²) in [5.74, 6) is 0.367. The lowest BCUT2D eigenvalue weighted by Gasteiger charge is -2.30. The fraction of sp³-hybridized carbons (Fsp3) is 0.600. The van der Waals surface area contributed by atoms with Crippen LogP contribution in [-0.2, 0) is 10.0 Å². The molecule has 2 rings (SSSR count). The van der Waals surface area contributed by atoms with Crippen LogP contribution < -0.4 is 4.72 Å². The Balaban J connectivity index is 1.73. The minimum atomic E-state index is -3.52. The first-order valence-electron chi connectivity index (χ1n) is 7.45. The summed E-state index contributed by atoms with van der Waals surface area (Å²) in [6.45, 7) is 5.80. The molecule has 0 unspecified atom stereocenters. The lowest BCUT2D eigenvalue weighted by molar-refractivity contribution is 0.191. The lowest BCUT2D eigenvalue weighted by atomic mass is 9.99. The van der Waals surface area contributed by atoms with E-state index in [0.717, 1.165) is 44.1 Å². The molecule has 1 heterocycles. The maximum absolute atomic E-state index is 12.8. The molecule has 1 aliphatic heterocycles. The third-order valence-corrected chi connectivity index (χ3v) is 5.42. The van der Waals surface area contributed by atoms with Crippen LogP contribution in [0.4, 0.5) is 4.39 Å². The number of hydrogen-bond acceptors (Lipinski definition) is 3. The number of nitrogens with one attached hydrogen (secondary N) is 1. The van der Waals surface area contributed by atoms with Crippen molar-refractivity contribution >= 4 is 10.0 Å². The van der Waals surface area contributed by atoms with Gasteiger partial charge in [0.05, 0.1) is 4.90 Å². The van der Waals surface area contributed by atoms with Crippen molar-refractivity contribution in [1.29, 1.82) is 0 Å². The van der Waals surface area contributed by atoms with E-state index in [1.165, 1.54) is 25.0 Å². The number of halogens is 1. The highest BCUT2D eigenvalue weighted by Gasteiger charge is 2.16. The molecule has 0 aromatic heterocycles. The molecule has 0 aliphatic carbocycles. The Hall–Kier alpha value is -0.980. The summed E-state index contributed by atoms with van der Waals surface area (Å²) < 4.78 is 39.3. The Morgan fingerprint density at radius 2 is 1.86 bits per heavy atom. The second-order valence-corrected chi connectivity index (χ2v) is 7.50. The molecule has 1 aliphatic rings. The van der Waals surface area contributed by atoms with Crippen molar-refractivity contribution in [2.24, 2.45) is 5.92 Å². The van der Waals surface area contributed by atoms with Crippen LogP contribution in [0, 0.1) is 11.7 Å². The second kappa shape index (κ2) is 7.33. The third kappa shape index (κ3) is 5.05. The average Bonchev–Trinajstić information content (AvgIpc) is 2.46. The minimum Gasteiger partial charge on any atom is -0.303 e. The molecular formula is C15H23FN2O2S. The number of nitrogens with zero attached hydrogens (tertiary/aromatic N) is 1. The Labute approximate surface area is 126 Å². The highest BCUT2D eigenvalue weighted by Crippen LogP contribution is 2.15. The standard InChI is InChI=1S/C15H23FN2O2S/c1-13-7-11-18(12-8-13)10-2-9-17-21(19,20)15-5-3-14(16)4-6-15/h3-6,13,17H,2,7-12H2,1H3. The van der Waals surface area contributed by atoms with E-state index in [4.69, 9.17) is 0 Å². The van der Waals surface area contributed by atoms with Gasteiger partial charge < -0.3 is 4.90 Å². The zero-order valence-electron chi connectivity index (χ0n) is 12.4. The molecule has 1 saturated heterocycles. The first-order valence-corrected chi connectivity index (χ1v) is 8.93. The molecule has 1 aromatic carbocycles. The molecule has 1 N–H and O–H groups in total. The molecule has 1 aromatic rings. The SMILES string of the molecule is CC1CCN(CCCNS(=O)(=O)c2ccc(F)cc2)CC1. The molecule has 0 amide bonds. The highest BCUT2D eigenvalue weighted by molar-refractivity contribution is 7.89. The molecule has 118 valence electrons. The maximum atomic E-state index is 12.8. The van der Waals surface area contributed by atoms with Crippen LogP contribution in [0.1, 0.15) is 26.2 Å². The normalized spacial score (nSPS) is 18.0. The molecule has 4 nitrogen and oxygen atoms in total. The van der Waals surface area contributed by atoms with Gasteiger partial charge in [0.2, 0.25) is 10.0 Å². The summed E-state index contributed by atoms with van der Waals surface area (Å²) in [4.78, 5) is 2.49. The predicted molar refractivity (Wildman–Crippen MR) is 81.0 cm³/mol. The van der Waals surface area contributed by atoms with Gasteiger partial charge in [-0.2, -0.15) is 0 Å². The van der Waals surface area contributed by atoms with Gasteiger partial charge in [-0.25, -0.2) is 17.5 Å². The van der Waals surface area contributed by atoms with Crippen LogP contribution in [0.2, 0.25) is 0 Å². The highest BCUT2D eigenvalue weighted by atomic mass is 32.2. The number of hydrogen-bond donors (Lipinski definition) is 1. The van der Waals surface area contributed by atoms with Crippen LogP contribution in [0.15, 0.2) is 29.2 Å². The summed E-state index contributed by atoms with van der Waals surface area (Å²) in [7, 11) is -3.52. The molecule has 0 atom stereocenters. The van der Waals surface area contributed by atoms with E-state index < -0.39 is 15.8 Å². The van der Waals surface area contributed by atoms with Gasteiger partial charge >= 0.3 is 0 Å². The smallest absolute Gasteiger partial charge is 0.240 e. The monoisotopic (exact) mass is 314 g/mol. The summed E-state index contributed by atoms with van der Waals surface area (Å²) >= 11 is 0. The van der Waals surface area contributed by atoms with E-state index >= 15 is 0 Å². The number of likely N-dealkylation sites (tertiary alicyclic amines) is 1. The van der Waals surface area contributed by atoms with Gasteiger partial charge in [0.15, 0.2) is 0 Å². The van der Waals surface area contributed by atoms with Crippen molar-refractivity contribution in [2.75, 3.05) is 26.2 Å². The molecule has 1 fully saturated rings. The van der Waals surface area contributed by atoms with Crippen LogP contribution >= 0.6 is 0 Å². The lowest BCUT2D eigenvalue weighted by Crippen LogP contribution is -2.35. The first-order chi connectivity index (χ1) is 9.97. The number of benzene rings is 1. The van der Waals surface area contributed by atoms with Crippen molar-refractivity contribution in [1.82, 2.24) is 9.62 Å². The second-order valence-electron chi connectivity index (χ2n) is 5.73. The number of rotatable bonds is 6. The summed E-state index contributed by atoms with van der Waals surface area (Å²) in [6, 6.07) is 4.88. The summed E-state index contributed by atoms with van der Waals surface area (Å²) in [5.41, 5.74) is 0. The summed E-state index contributed by atoms with van der Waals surface area (Å²) in [6.07, 6.45) is 3.23. The van der Waals surface area contributed by atoms with Gasteiger partial charge in [-0.3, -0.25) is 0 Å². The zero-order chi connectivity index (χ0) is 15.3. The molecule has 0 bridgehead atoms. The van der Waals surface area contributed by atoms with Gasteiger partial charge in [-0.05, 0) is 69.1 Å². The summed E-state index contributed by atoms with van der Waals surface area (Å²) in [5, 5.41) is 0. The van der Waals surface area contributed by atoms with Crippen LogP contribution in [0.3, 0.4) is 0 Å². The van der Waals surface area contributed by atoms with E-state index in [1.807, 2.05) is 0 Å². The number of sulfonamides is 1. The van der Waals surface area contributed by atoms with Crippen molar-refractivity contribution in [3.63, 3.8) is 0 Å². The van der Waals surface area contributed by atoms with Crippen molar-refractivity contribution in [3.05, 3.63) is 30.1 Å². The Morgan fingerprint density at radius 1 is 1.24 bits per heavy atom. The molecule has 21 heavy (non-hydrogen) atoms. The zero-order valence-corrected chi connectivity index (χ0v) is 13.2. The van der Waals surface area contributed by atoms with Crippen molar-refractivity contribution in [3.8, 4) is 0 Å². The molecule has 0 radical (unpaired) electrons. The quantitative estimate of drug-likeness (QED) is 0.819. The first kappa shape index (κ1) is 16.4. The topological polar surface area (TPSA) is 49.4 Å². The van der Waals surface area contributed by atoms with E-state index in [9.17, 15) is 12.8 Å². The van der Waals surface area contributed by atoms with Gasteiger partial charge in [0, 0.05) is 6.54 Å². The van der Waals surface area contributed by atoms with Gasteiger partial charge in [0.1, 0.15) is 5.82 Å². The van der Waals surface area contributed by atoms with Crippen LogP contribution in [-0.4, -0.2) is 39.5 Å². The van der Waals surface area contributed by atoms with E-state index in [-0.39, 0.29) is 4.90 Å². The van der Waals surface area contributed by atoms with Crippen LogP contribution in [0.5, 0.6) is 0 Å². The van der Waals surface area contributed by atoms with E-state index in [0.29, 0.717) is 6.54 Å². The number of piperidine rings is 1. The fourth-order valence-corrected chi connectivity index (χ4v) is 3.57. The van der Waals surface area contributed by atoms with Gasteiger partial charge in [-0.15, -0.1) is 0 Å². The van der Waals surface area contributed by atoms with Gasteiger partial charge in [-0.1, -0.05) is 6.92 Å². The van der Waals surface area contributed by atoms with E-state index in [2.05, 4.69) is 16.5 Å².